The molecule has 3 heteroatoms. The zero-order chi connectivity index (χ0) is 3.41. The Morgan fingerprint density at radius 1 is 1.80 bits per heavy atom. The number of rotatable bonds is 0. The third kappa shape index (κ3) is 15.4. The first-order valence-corrected chi connectivity index (χ1v) is 0.959. The summed E-state index contributed by atoms with van der Waals surface area (Å²) >= 11 is 0. The molecule has 0 aliphatic rings. The third-order valence-electron chi connectivity index (χ3n) is 0.129. The topological polar surface area (TPSA) is 38.4 Å². The first-order valence-electron chi connectivity index (χ1n) is 0.959. The van der Waals surface area contributed by atoms with Crippen LogP contribution in [0.1, 0.15) is 0 Å². The maximum atomic E-state index is 4.61. The zero-order valence-electron chi connectivity index (χ0n) is 2.97. The van der Waals surface area contributed by atoms with Crippen LogP contribution in [0.5, 0.6) is 0 Å². The van der Waals surface area contributed by atoms with Crippen molar-refractivity contribution < 1.29 is 18.6 Å². The Hall–Kier alpha value is 0.0544. The van der Waals surface area contributed by atoms with E-state index in [1.54, 1.807) is 7.05 Å². The second-order valence-corrected chi connectivity index (χ2v) is 0.353. The molecule has 0 aromatic carbocycles. The van der Waals surface area contributed by atoms with Crippen LogP contribution in [-0.4, -0.2) is 13.4 Å². The minimum Gasteiger partial charge on any atom is -0.563 e. The Morgan fingerprint density at radius 2 is 2.00 bits per heavy atom. The van der Waals surface area contributed by atoms with Crippen molar-refractivity contribution in [2.45, 2.75) is 0 Å². The molecule has 1 radical (unpaired) electrons. The summed E-state index contributed by atoms with van der Waals surface area (Å²) in [4.78, 5) is 3.26. The predicted octanol–water partition coefficient (Wildman–Crippen LogP) is -0.522. The van der Waals surface area contributed by atoms with Gasteiger partial charge in [0, 0.05) is 18.6 Å². The summed E-state index contributed by atoms with van der Waals surface area (Å²) in [5.74, 6) is 0. The maximum Gasteiger partial charge on any atom is 0 e. The van der Waals surface area contributed by atoms with Gasteiger partial charge in [0.25, 0.3) is 0 Å². The Balaban J connectivity index is 0. The minimum absolute atomic E-state index is 0. The van der Waals surface area contributed by atoms with Crippen LogP contribution in [0.2, 0.25) is 0 Å². The summed E-state index contributed by atoms with van der Waals surface area (Å²) in [6.45, 7) is 0. The molecule has 0 fully saturated rings. The standard InChI is InChI=1S/C2H5N2.V/c1-4-2-3;/h1H3,(H2,3,4);/q-1;. The number of nitrogens with zero attached hydrogens (tertiary/aromatic N) is 1. The van der Waals surface area contributed by atoms with Crippen LogP contribution in [0, 0.1) is 0 Å². The summed E-state index contributed by atoms with van der Waals surface area (Å²) in [5, 5.41) is 0. The quantitative estimate of drug-likeness (QED) is 0.193. The van der Waals surface area contributed by atoms with Gasteiger partial charge in [-0.15, -0.1) is 0 Å². The summed E-state index contributed by atoms with van der Waals surface area (Å²) < 4.78 is 0. The normalized spacial score (nSPS) is 7.40. The first-order chi connectivity index (χ1) is 1.91. The summed E-state index contributed by atoms with van der Waals surface area (Å²) in [5.41, 5.74) is 4.61. The molecule has 0 bridgehead atoms. The minimum atomic E-state index is 0. The molecule has 0 aromatic rings. The first kappa shape index (κ1) is 8.91. The number of hydrogen-bond donors (Lipinski definition) is 1. The average Bonchev–Trinajstić information content (AvgIpc) is 1.37. The van der Waals surface area contributed by atoms with Gasteiger partial charge in [0.1, 0.15) is 0 Å². The molecule has 0 rings (SSSR count). The van der Waals surface area contributed by atoms with E-state index in [0.717, 1.165) is 0 Å². The van der Waals surface area contributed by atoms with Gasteiger partial charge in [0.15, 0.2) is 0 Å². The van der Waals surface area contributed by atoms with Crippen molar-refractivity contribution in [3.8, 4) is 0 Å². The van der Waals surface area contributed by atoms with Crippen molar-refractivity contribution in [2.24, 2.45) is 10.7 Å². The molecule has 0 atom stereocenters. The molecule has 0 saturated carbocycles. The number of nitrogens with two attached hydrogens (primary N) is 1. The molecule has 29 valence electrons. The predicted molar refractivity (Wildman–Crippen MR) is 17.5 cm³/mol. The molecule has 0 aliphatic carbocycles. The molecule has 0 saturated heterocycles. The zero-order valence-corrected chi connectivity index (χ0v) is 4.37. The number of hydrogen-bond acceptors (Lipinski definition) is 1. The molecule has 0 aliphatic heterocycles. The summed E-state index contributed by atoms with van der Waals surface area (Å²) in [7, 11) is 1.57. The molecule has 0 heterocycles. The van der Waals surface area contributed by atoms with Crippen molar-refractivity contribution >= 4 is 6.34 Å². The fraction of sp³-hybridized carbons (Fsp3) is 0.500. The van der Waals surface area contributed by atoms with Crippen LogP contribution in [0.4, 0.5) is 0 Å². The molecule has 5 heavy (non-hydrogen) atoms. The monoisotopic (exact) mass is 108 g/mol. The fourth-order valence-electron chi connectivity index (χ4n) is 0. The molecule has 0 unspecified atom stereocenters. The maximum absolute atomic E-state index is 4.61. The Bertz CT molecular complexity index is 22.8. The van der Waals surface area contributed by atoms with E-state index in [0.29, 0.717) is 0 Å². The van der Waals surface area contributed by atoms with E-state index in [2.05, 4.69) is 17.1 Å². The largest absolute Gasteiger partial charge is 0.563 e. The molecule has 0 aromatic heterocycles. The molecular weight excluding hydrogens is 103 g/mol. The van der Waals surface area contributed by atoms with Gasteiger partial charge in [0.05, 0.1) is 0 Å². The Labute approximate surface area is 43.3 Å². The van der Waals surface area contributed by atoms with Crippen molar-refractivity contribution in [2.75, 3.05) is 7.05 Å². The van der Waals surface area contributed by atoms with Gasteiger partial charge in [-0.1, -0.05) is 0 Å². The third-order valence-corrected chi connectivity index (χ3v) is 0.129. The van der Waals surface area contributed by atoms with Crippen molar-refractivity contribution in [1.29, 1.82) is 0 Å². The van der Waals surface area contributed by atoms with Gasteiger partial charge in [-0.2, -0.15) is 0 Å². The average molecular weight is 108 g/mol. The van der Waals surface area contributed by atoms with E-state index in [1.165, 1.54) is 0 Å². The Morgan fingerprint density at radius 3 is 2.00 bits per heavy atom. The van der Waals surface area contributed by atoms with Crippen molar-refractivity contribution in [1.82, 2.24) is 0 Å². The molecular formula is C2H5N2V-. The van der Waals surface area contributed by atoms with E-state index in [1.807, 2.05) is 0 Å². The van der Waals surface area contributed by atoms with E-state index in [-0.39, 0.29) is 18.6 Å². The van der Waals surface area contributed by atoms with Crippen LogP contribution in [-0.2, 0) is 18.6 Å². The van der Waals surface area contributed by atoms with Crippen LogP contribution in [0.15, 0.2) is 4.99 Å². The molecule has 2 N–H and O–H groups in total. The molecule has 0 spiro atoms. The fourth-order valence-corrected chi connectivity index (χ4v) is 0. The summed E-state index contributed by atoms with van der Waals surface area (Å²) in [6.07, 6.45) is 2.06. The molecule has 0 amide bonds. The SMILES string of the molecule is CN=[C-]N.[V]. The van der Waals surface area contributed by atoms with Crippen LogP contribution in [0.25, 0.3) is 0 Å². The number of aliphatic imine (C=N–C) groups is 1. The van der Waals surface area contributed by atoms with Crippen LogP contribution >= 0.6 is 0 Å². The molecule has 2 nitrogen and oxygen atoms in total. The van der Waals surface area contributed by atoms with Gasteiger partial charge < -0.3 is 17.1 Å². The van der Waals surface area contributed by atoms with E-state index >= 15 is 0 Å². The van der Waals surface area contributed by atoms with Gasteiger partial charge >= 0.3 is 0 Å². The van der Waals surface area contributed by atoms with E-state index in [9.17, 15) is 0 Å². The second-order valence-electron chi connectivity index (χ2n) is 0.353. The van der Waals surface area contributed by atoms with Crippen LogP contribution < -0.4 is 5.73 Å². The van der Waals surface area contributed by atoms with E-state index in [4.69, 9.17) is 0 Å². The Kier molecular flexibility index (Phi) is 16.0. The van der Waals surface area contributed by atoms with Crippen LogP contribution in [0.3, 0.4) is 0 Å². The van der Waals surface area contributed by atoms with Gasteiger partial charge in [-0.3, -0.25) is 0 Å². The van der Waals surface area contributed by atoms with Gasteiger partial charge in [-0.05, 0) is 7.05 Å². The van der Waals surface area contributed by atoms with Gasteiger partial charge in [-0.25, -0.2) is 0 Å². The van der Waals surface area contributed by atoms with Gasteiger partial charge in [0.2, 0.25) is 0 Å². The smallest absolute Gasteiger partial charge is 0 e. The second kappa shape index (κ2) is 8.96. The summed E-state index contributed by atoms with van der Waals surface area (Å²) in [6, 6.07) is 0. The van der Waals surface area contributed by atoms with Crippen molar-refractivity contribution in [3.05, 3.63) is 0 Å². The van der Waals surface area contributed by atoms with Crippen molar-refractivity contribution in [3.63, 3.8) is 0 Å². The van der Waals surface area contributed by atoms with E-state index < -0.39 is 0 Å².